The van der Waals surface area contributed by atoms with Gasteiger partial charge in [-0.3, -0.25) is 4.98 Å². The Labute approximate surface area is 127 Å². The van der Waals surface area contributed by atoms with Crippen LogP contribution >= 0.6 is 0 Å². The van der Waals surface area contributed by atoms with Gasteiger partial charge in [-0.05, 0) is 37.2 Å². The smallest absolute Gasteiger partial charge is 0.252 e. The summed E-state index contributed by atoms with van der Waals surface area (Å²) in [6, 6.07) is 9.85. The lowest BCUT2D eigenvalue weighted by Gasteiger charge is -2.06. The molecule has 0 amide bonds. The molecule has 1 aliphatic rings. The summed E-state index contributed by atoms with van der Waals surface area (Å²) in [4.78, 5) is 8.71. The minimum atomic E-state index is 0.238. The van der Waals surface area contributed by atoms with Crippen LogP contribution < -0.4 is 5.32 Å². The van der Waals surface area contributed by atoms with E-state index in [9.17, 15) is 0 Å². The lowest BCUT2D eigenvalue weighted by atomic mass is 10.1. The molecule has 1 fully saturated rings. The maximum Gasteiger partial charge on any atom is 0.252 e. The third-order valence-corrected chi connectivity index (χ3v) is 3.79. The number of rotatable bonds is 4. The van der Waals surface area contributed by atoms with Crippen molar-refractivity contribution < 1.29 is 9.26 Å². The molecule has 6 nitrogen and oxygen atoms in total. The zero-order chi connectivity index (χ0) is 14.8. The highest BCUT2D eigenvalue weighted by Crippen LogP contribution is 2.21. The van der Waals surface area contributed by atoms with Crippen molar-refractivity contribution in [2.75, 3.05) is 13.1 Å². The van der Waals surface area contributed by atoms with Crippen molar-refractivity contribution in [1.82, 2.24) is 20.4 Å². The normalized spacial score (nSPS) is 18.1. The number of benzene rings is 1. The second-order valence-corrected chi connectivity index (χ2v) is 5.35. The fourth-order valence-electron chi connectivity index (χ4n) is 2.61. The number of aromatic nitrogens is 3. The van der Waals surface area contributed by atoms with E-state index in [1.165, 1.54) is 0 Å². The summed E-state index contributed by atoms with van der Waals surface area (Å²) < 4.78 is 11.0. The summed E-state index contributed by atoms with van der Waals surface area (Å²) in [5, 5.41) is 8.35. The van der Waals surface area contributed by atoms with Crippen LogP contribution in [-0.2, 0) is 11.3 Å². The molecule has 1 N–H and O–H groups in total. The lowest BCUT2D eigenvalue weighted by molar-refractivity contribution is 0.0383. The van der Waals surface area contributed by atoms with Crippen molar-refractivity contribution in [3.8, 4) is 11.4 Å². The molecular formula is C16H16N4O2. The van der Waals surface area contributed by atoms with Crippen LogP contribution in [0.1, 0.15) is 12.3 Å². The van der Waals surface area contributed by atoms with Crippen molar-refractivity contribution in [3.05, 3.63) is 42.4 Å². The third kappa shape index (κ3) is 2.70. The molecule has 112 valence electrons. The quantitative estimate of drug-likeness (QED) is 0.795. The Kier molecular flexibility index (Phi) is 3.54. The van der Waals surface area contributed by atoms with Crippen LogP contribution in [0.15, 0.2) is 41.1 Å². The molecule has 6 heteroatoms. The molecule has 22 heavy (non-hydrogen) atoms. The van der Waals surface area contributed by atoms with Gasteiger partial charge in [-0.15, -0.1) is 0 Å². The van der Waals surface area contributed by atoms with Gasteiger partial charge in [0, 0.05) is 23.7 Å². The van der Waals surface area contributed by atoms with E-state index >= 15 is 0 Å². The number of hydrogen-bond acceptors (Lipinski definition) is 6. The Bertz CT molecular complexity index is 780. The van der Waals surface area contributed by atoms with Gasteiger partial charge in [0.05, 0.1) is 11.6 Å². The molecule has 1 saturated heterocycles. The molecule has 2 aromatic heterocycles. The number of ether oxygens (including phenoxy) is 1. The van der Waals surface area contributed by atoms with Gasteiger partial charge in [-0.1, -0.05) is 11.2 Å². The van der Waals surface area contributed by atoms with Crippen LogP contribution in [0.4, 0.5) is 0 Å². The Morgan fingerprint density at radius 1 is 1.32 bits per heavy atom. The van der Waals surface area contributed by atoms with E-state index < -0.39 is 0 Å². The van der Waals surface area contributed by atoms with Crippen LogP contribution in [0.2, 0.25) is 0 Å². The maximum absolute atomic E-state index is 5.74. The van der Waals surface area contributed by atoms with Gasteiger partial charge in [0.1, 0.15) is 6.61 Å². The highest BCUT2D eigenvalue weighted by Gasteiger charge is 2.16. The molecule has 3 aromatic rings. The van der Waals surface area contributed by atoms with Crippen molar-refractivity contribution in [2.45, 2.75) is 19.1 Å². The summed E-state index contributed by atoms with van der Waals surface area (Å²) >= 11 is 0. The average molecular weight is 296 g/mol. The molecule has 0 radical (unpaired) electrons. The highest BCUT2D eigenvalue weighted by molar-refractivity contribution is 5.82. The Hall–Kier alpha value is -2.31. The molecule has 0 unspecified atom stereocenters. The van der Waals surface area contributed by atoms with Crippen LogP contribution in [0, 0.1) is 0 Å². The molecule has 1 aromatic carbocycles. The first kappa shape index (κ1) is 13.4. The first-order chi connectivity index (χ1) is 10.9. The van der Waals surface area contributed by atoms with Crippen molar-refractivity contribution in [2.24, 2.45) is 0 Å². The van der Waals surface area contributed by atoms with Crippen LogP contribution in [-0.4, -0.2) is 34.3 Å². The topological polar surface area (TPSA) is 73.1 Å². The summed E-state index contributed by atoms with van der Waals surface area (Å²) in [5.74, 6) is 1.09. The molecule has 0 spiro atoms. The van der Waals surface area contributed by atoms with Gasteiger partial charge < -0.3 is 14.6 Å². The number of fused-ring (bicyclic) bond motifs is 1. The Balaban J connectivity index is 1.51. The Morgan fingerprint density at radius 3 is 3.23 bits per heavy atom. The molecule has 3 heterocycles. The van der Waals surface area contributed by atoms with Crippen molar-refractivity contribution in [3.63, 3.8) is 0 Å². The highest BCUT2D eigenvalue weighted by atomic mass is 16.5. The fraction of sp³-hybridized carbons (Fsp3) is 0.312. The van der Waals surface area contributed by atoms with Crippen molar-refractivity contribution in [1.29, 1.82) is 0 Å². The summed E-state index contributed by atoms with van der Waals surface area (Å²) in [7, 11) is 0. The molecule has 1 aliphatic heterocycles. The minimum absolute atomic E-state index is 0.238. The fourth-order valence-corrected chi connectivity index (χ4v) is 2.61. The van der Waals surface area contributed by atoms with Crippen LogP contribution in [0.3, 0.4) is 0 Å². The average Bonchev–Trinajstić information content (AvgIpc) is 3.24. The van der Waals surface area contributed by atoms with E-state index in [0.717, 1.165) is 36.0 Å². The number of pyridine rings is 1. The first-order valence-corrected chi connectivity index (χ1v) is 7.38. The predicted molar refractivity (Wildman–Crippen MR) is 81.1 cm³/mol. The van der Waals surface area contributed by atoms with Gasteiger partial charge in [0.25, 0.3) is 5.89 Å². The molecule has 0 saturated carbocycles. The zero-order valence-corrected chi connectivity index (χ0v) is 12.0. The standard InChI is InChI=1S/C16H16N4O2/c1-2-11-8-12(3-4-14(11)18-6-1)16-19-15(22-20-16)10-21-13-5-7-17-9-13/h1-4,6,8,13,17H,5,7,9-10H2/t13-/m1/s1. The monoisotopic (exact) mass is 296 g/mol. The van der Waals surface area contributed by atoms with E-state index in [4.69, 9.17) is 9.26 Å². The second-order valence-electron chi connectivity index (χ2n) is 5.35. The van der Waals surface area contributed by atoms with E-state index in [1.807, 2.05) is 30.3 Å². The van der Waals surface area contributed by atoms with E-state index in [0.29, 0.717) is 18.3 Å². The zero-order valence-electron chi connectivity index (χ0n) is 12.0. The summed E-state index contributed by atoms with van der Waals surface area (Å²) in [6.07, 6.45) is 3.05. The lowest BCUT2D eigenvalue weighted by Crippen LogP contribution is -2.16. The molecular weight excluding hydrogens is 280 g/mol. The number of nitrogens with zero attached hydrogens (tertiary/aromatic N) is 3. The predicted octanol–water partition coefficient (Wildman–Crippen LogP) is 2.16. The number of nitrogens with one attached hydrogen (secondary N) is 1. The van der Waals surface area contributed by atoms with E-state index in [1.54, 1.807) is 6.20 Å². The molecule has 0 bridgehead atoms. The van der Waals surface area contributed by atoms with Gasteiger partial charge in [-0.25, -0.2) is 0 Å². The first-order valence-electron chi connectivity index (χ1n) is 7.38. The van der Waals surface area contributed by atoms with Gasteiger partial charge in [-0.2, -0.15) is 4.98 Å². The van der Waals surface area contributed by atoms with E-state index in [-0.39, 0.29) is 6.10 Å². The third-order valence-electron chi connectivity index (χ3n) is 3.79. The van der Waals surface area contributed by atoms with Gasteiger partial charge in [0.2, 0.25) is 5.82 Å². The molecule has 1 atom stereocenters. The summed E-state index contributed by atoms with van der Waals surface area (Å²) in [5.41, 5.74) is 1.87. The van der Waals surface area contributed by atoms with Gasteiger partial charge in [0.15, 0.2) is 0 Å². The molecule has 0 aliphatic carbocycles. The van der Waals surface area contributed by atoms with Crippen LogP contribution in [0.5, 0.6) is 0 Å². The molecule has 4 rings (SSSR count). The van der Waals surface area contributed by atoms with Gasteiger partial charge >= 0.3 is 0 Å². The number of hydrogen-bond donors (Lipinski definition) is 1. The SMILES string of the molecule is c1cnc2ccc(-c3noc(CO[C@@H]4CCNC4)n3)cc2c1. The minimum Gasteiger partial charge on any atom is -0.367 e. The maximum atomic E-state index is 5.74. The van der Waals surface area contributed by atoms with E-state index in [2.05, 4.69) is 20.4 Å². The Morgan fingerprint density at radius 2 is 2.32 bits per heavy atom. The largest absolute Gasteiger partial charge is 0.367 e. The summed E-state index contributed by atoms with van der Waals surface area (Å²) in [6.45, 7) is 2.25. The van der Waals surface area contributed by atoms with Crippen LogP contribution in [0.25, 0.3) is 22.3 Å². The second kappa shape index (κ2) is 5.82. The van der Waals surface area contributed by atoms with Crippen molar-refractivity contribution >= 4 is 10.9 Å².